The fourth-order valence-corrected chi connectivity index (χ4v) is 6.02. The average molecular weight is 550 g/mol. The summed E-state index contributed by atoms with van der Waals surface area (Å²) in [5.41, 5.74) is 1.30. The van der Waals surface area contributed by atoms with Crippen LogP contribution in [-0.4, -0.2) is 28.1 Å². The highest BCUT2D eigenvalue weighted by Gasteiger charge is 2.21. The van der Waals surface area contributed by atoms with Crippen LogP contribution in [0.3, 0.4) is 0 Å². The van der Waals surface area contributed by atoms with Crippen LogP contribution in [0.2, 0.25) is 0 Å². The van der Waals surface area contributed by atoms with Crippen LogP contribution >= 0.6 is 11.8 Å². The van der Waals surface area contributed by atoms with Crippen LogP contribution < -0.4 is 4.72 Å². The van der Waals surface area contributed by atoms with Gasteiger partial charge in [-0.1, -0.05) is 60.3 Å². The van der Waals surface area contributed by atoms with Crippen molar-refractivity contribution in [3.05, 3.63) is 118 Å². The van der Waals surface area contributed by atoms with Gasteiger partial charge in [-0.05, 0) is 41.3 Å². The number of thioether (sulfide) groups is 1. The van der Waals surface area contributed by atoms with Gasteiger partial charge in [0.1, 0.15) is 5.82 Å². The Morgan fingerprint density at radius 1 is 0.921 bits per heavy atom. The van der Waals surface area contributed by atoms with Crippen molar-refractivity contribution in [2.75, 3.05) is 0 Å². The molecule has 0 saturated carbocycles. The molecule has 1 heterocycles. The zero-order valence-corrected chi connectivity index (χ0v) is 21.3. The van der Waals surface area contributed by atoms with Gasteiger partial charge in [0.15, 0.2) is 11.0 Å². The smallest absolute Gasteiger partial charge is 0.269 e. The summed E-state index contributed by atoms with van der Waals surface area (Å²) in [4.78, 5) is 10.8. The number of hydrogen-bond donors (Lipinski definition) is 1. The van der Waals surface area contributed by atoms with Crippen LogP contribution in [0.25, 0.3) is 16.5 Å². The number of fused-ring (bicyclic) bond motifs is 1. The number of nitro groups is 1. The van der Waals surface area contributed by atoms with Gasteiger partial charge >= 0.3 is 0 Å². The van der Waals surface area contributed by atoms with Crippen LogP contribution in [0.5, 0.6) is 0 Å². The molecule has 0 radical (unpaired) electrons. The fourth-order valence-electron chi connectivity index (χ4n) is 3.89. The van der Waals surface area contributed by atoms with E-state index in [4.69, 9.17) is 0 Å². The molecule has 38 heavy (non-hydrogen) atoms. The first-order chi connectivity index (χ1) is 18.3. The third-order valence-electron chi connectivity index (χ3n) is 5.76. The Bertz CT molecular complexity index is 1720. The quantitative estimate of drug-likeness (QED) is 0.152. The molecule has 192 valence electrons. The van der Waals surface area contributed by atoms with Crippen molar-refractivity contribution in [3.8, 4) is 5.69 Å². The number of rotatable bonds is 9. The minimum absolute atomic E-state index is 0.0828. The minimum atomic E-state index is -3.91. The lowest BCUT2D eigenvalue weighted by atomic mass is 10.1. The fraction of sp³-hybridized carbons (Fsp3) is 0.0769. The Kier molecular flexibility index (Phi) is 7.18. The van der Waals surface area contributed by atoms with Crippen molar-refractivity contribution in [3.63, 3.8) is 0 Å². The first kappa shape index (κ1) is 25.5. The zero-order chi connectivity index (χ0) is 26.7. The topological polar surface area (TPSA) is 120 Å². The molecule has 0 aliphatic rings. The molecule has 0 spiro atoms. The van der Waals surface area contributed by atoms with Gasteiger partial charge in [0.25, 0.3) is 5.69 Å². The second-order valence-corrected chi connectivity index (χ2v) is 10.9. The predicted octanol–water partition coefficient (Wildman–Crippen LogP) is 5.24. The highest BCUT2D eigenvalue weighted by Crippen LogP contribution is 2.27. The first-order valence-corrected chi connectivity index (χ1v) is 13.8. The van der Waals surface area contributed by atoms with Gasteiger partial charge in [-0.3, -0.25) is 14.7 Å². The van der Waals surface area contributed by atoms with Crippen LogP contribution in [0.4, 0.5) is 10.1 Å². The molecule has 0 fully saturated rings. The van der Waals surface area contributed by atoms with Gasteiger partial charge in [0.2, 0.25) is 10.0 Å². The molecule has 5 rings (SSSR count). The maximum Gasteiger partial charge on any atom is 0.269 e. The molecule has 0 aliphatic carbocycles. The van der Waals surface area contributed by atoms with E-state index in [1.54, 1.807) is 47.0 Å². The number of non-ortho nitro benzene ring substituents is 1. The van der Waals surface area contributed by atoms with Crippen molar-refractivity contribution in [1.29, 1.82) is 0 Å². The summed E-state index contributed by atoms with van der Waals surface area (Å²) in [7, 11) is -3.91. The standard InChI is InChI=1S/C26H20FN5O4S2/c27-20-10-8-18(9-11-20)17-37-26-30-29-25(31(26)21-12-14-22(15-13-21)32(33)34)16-28-38(35,36)24-7-3-5-19-4-1-2-6-23(19)24/h1-15,28H,16-17H2. The van der Waals surface area contributed by atoms with Crippen molar-refractivity contribution < 1.29 is 17.7 Å². The second kappa shape index (κ2) is 10.7. The molecular weight excluding hydrogens is 529 g/mol. The van der Waals surface area contributed by atoms with Gasteiger partial charge in [0, 0.05) is 29.0 Å². The van der Waals surface area contributed by atoms with Crippen molar-refractivity contribution >= 4 is 38.2 Å². The molecule has 1 N–H and O–H groups in total. The summed E-state index contributed by atoms with van der Waals surface area (Å²) in [5, 5.41) is 21.4. The number of hydrogen-bond acceptors (Lipinski definition) is 7. The highest BCUT2D eigenvalue weighted by molar-refractivity contribution is 7.98. The Balaban J connectivity index is 1.45. The lowest BCUT2D eigenvalue weighted by molar-refractivity contribution is -0.384. The molecule has 5 aromatic rings. The molecule has 4 aromatic carbocycles. The summed E-state index contributed by atoms with van der Waals surface area (Å²) < 4.78 is 44.0. The summed E-state index contributed by atoms with van der Waals surface area (Å²) >= 11 is 1.32. The summed E-state index contributed by atoms with van der Waals surface area (Å²) in [6.07, 6.45) is 0. The molecule has 0 bridgehead atoms. The predicted molar refractivity (Wildman–Crippen MR) is 142 cm³/mol. The summed E-state index contributed by atoms with van der Waals surface area (Å²) in [6.45, 7) is -0.174. The normalized spacial score (nSPS) is 11.6. The monoisotopic (exact) mass is 549 g/mol. The van der Waals surface area contributed by atoms with E-state index in [0.29, 0.717) is 27.8 Å². The van der Waals surface area contributed by atoms with E-state index in [1.807, 2.05) is 18.2 Å². The highest BCUT2D eigenvalue weighted by atomic mass is 32.2. The van der Waals surface area contributed by atoms with Gasteiger partial charge in [-0.2, -0.15) is 0 Å². The van der Waals surface area contributed by atoms with E-state index in [-0.39, 0.29) is 22.9 Å². The number of nitrogens with zero attached hydrogens (tertiary/aromatic N) is 4. The van der Waals surface area contributed by atoms with Crippen LogP contribution in [0.1, 0.15) is 11.4 Å². The maximum atomic E-state index is 13.3. The molecule has 1 aromatic heterocycles. The van der Waals surface area contributed by atoms with E-state index in [9.17, 15) is 22.9 Å². The number of halogens is 1. The maximum absolute atomic E-state index is 13.3. The largest absolute Gasteiger partial charge is 0.273 e. The average Bonchev–Trinajstić information content (AvgIpc) is 3.34. The molecule has 0 saturated heterocycles. The Morgan fingerprint density at radius 3 is 2.37 bits per heavy atom. The zero-order valence-electron chi connectivity index (χ0n) is 19.7. The Morgan fingerprint density at radius 2 is 1.63 bits per heavy atom. The SMILES string of the molecule is O=[N+]([O-])c1ccc(-n2c(CNS(=O)(=O)c3cccc4ccccc34)nnc2SCc2ccc(F)cc2)cc1. The van der Waals surface area contributed by atoms with E-state index in [0.717, 1.165) is 10.9 Å². The summed E-state index contributed by atoms with van der Waals surface area (Å²) in [5.74, 6) is 0.408. The van der Waals surface area contributed by atoms with Gasteiger partial charge in [-0.25, -0.2) is 17.5 Å². The van der Waals surface area contributed by atoms with E-state index in [2.05, 4.69) is 14.9 Å². The lowest BCUT2D eigenvalue weighted by Crippen LogP contribution is -2.25. The molecule has 12 heteroatoms. The van der Waals surface area contributed by atoms with Gasteiger partial charge < -0.3 is 0 Å². The molecular formula is C26H20FN5O4S2. The number of nitro benzene ring substituents is 1. The van der Waals surface area contributed by atoms with E-state index < -0.39 is 14.9 Å². The van der Waals surface area contributed by atoms with E-state index >= 15 is 0 Å². The van der Waals surface area contributed by atoms with Crippen molar-refractivity contribution in [1.82, 2.24) is 19.5 Å². The summed E-state index contributed by atoms with van der Waals surface area (Å²) in [6, 6.07) is 24.1. The minimum Gasteiger partial charge on any atom is -0.273 e. The van der Waals surface area contributed by atoms with Crippen LogP contribution in [-0.2, 0) is 22.3 Å². The molecule has 0 atom stereocenters. The number of aromatic nitrogens is 3. The van der Waals surface area contributed by atoms with Crippen LogP contribution in [0.15, 0.2) is 101 Å². The number of benzene rings is 4. The Hall–Kier alpha value is -4.13. The first-order valence-electron chi connectivity index (χ1n) is 11.4. The van der Waals surface area contributed by atoms with Gasteiger partial charge in [-0.15, -0.1) is 10.2 Å². The third-order valence-corrected chi connectivity index (χ3v) is 8.22. The second-order valence-electron chi connectivity index (χ2n) is 8.22. The number of sulfonamides is 1. The molecule has 9 nitrogen and oxygen atoms in total. The number of nitrogens with one attached hydrogen (secondary N) is 1. The molecule has 0 unspecified atom stereocenters. The molecule has 0 aliphatic heterocycles. The van der Waals surface area contributed by atoms with Gasteiger partial charge in [0.05, 0.1) is 16.4 Å². The third kappa shape index (κ3) is 5.42. The van der Waals surface area contributed by atoms with E-state index in [1.165, 1.54) is 42.1 Å². The van der Waals surface area contributed by atoms with Crippen molar-refractivity contribution in [2.24, 2.45) is 0 Å². The lowest BCUT2D eigenvalue weighted by Gasteiger charge is -2.12. The Labute approximate surface area is 221 Å². The van der Waals surface area contributed by atoms with Crippen LogP contribution in [0, 0.1) is 15.9 Å². The van der Waals surface area contributed by atoms with Crippen molar-refractivity contribution in [2.45, 2.75) is 22.3 Å². The molecule has 0 amide bonds.